The Hall–Kier alpha value is -4.97. The van der Waals surface area contributed by atoms with Crippen LogP contribution in [0.4, 0.5) is 4.39 Å². The summed E-state index contributed by atoms with van der Waals surface area (Å²) < 4.78 is 37.6. The number of aryl methyl sites for hydroxylation is 1. The number of hydrogen-bond donors (Lipinski definition) is 5. The van der Waals surface area contributed by atoms with Crippen LogP contribution in [0, 0.1) is 24.1 Å². The molecule has 0 saturated carbocycles. The number of benzene rings is 5. The fourth-order valence-electron chi connectivity index (χ4n) is 5.02. The number of nitrogens with zero attached hydrogens (tertiary/aromatic N) is 1. The molecule has 0 saturated heterocycles. The molecule has 0 unspecified atom stereocenters. The van der Waals surface area contributed by atoms with E-state index in [1.165, 1.54) is 30.3 Å². The van der Waals surface area contributed by atoms with Crippen LogP contribution in [0.5, 0.6) is 23.0 Å². The van der Waals surface area contributed by atoms with Crippen LogP contribution in [-0.4, -0.2) is 46.7 Å². The summed E-state index contributed by atoms with van der Waals surface area (Å²) >= 11 is 0. The highest BCUT2D eigenvalue weighted by Gasteiger charge is 2.36. The molecule has 0 aliphatic carbocycles. The van der Waals surface area contributed by atoms with Crippen LogP contribution in [0.15, 0.2) is 103 Å². The van der Waals surface area contributed by atoms with Gasteiger partial charge in [-0.15, -0.1) is 0 Å². The highest BCUT2D eigenvalue weighted by molar-refractivity contribution is 6.79. The Bertz CT molecular complexity index is 1920. The third-order valence-electron chi connectivity index (χ3n) is 7.61. The van der Waals surface area contributed by atoms with Crippen molar-refractivity contribution in [2.75, 3.05) is 0 Å². The number of hydrogen-bond acceptors (Lipinski definition) is 10. The van der Waals surface area contributed by atoms with Crippen molar-refractivity contribution in [3.05, 3.63) is 137 Å². The van der Waals surface area contributed by atoms with Crippen molar-refractivity contribution in [3.63, 3.8) is 0 Å². The Labute approximate surface area is 283 Å². The van der Waals surface area contributed by atoms with Gasteiger partial charge in [-0.3, -0.25) is 0 Å². The molecule has 49 heavy (non-hydrogen) atoms. The molecule has 10 nitrogen and oxygen atoms in total. The zero-order valence-corrected chi connectivity index (χ0v) is 26.4. The van der Waals surface area contributed by atoms with Crippen molar-refractivity contribution in [2.45, 2.75) is 26.7 Å². The minimum absolute atomic E-state index is 0.0715. The second-order valence-electron chi connectivity index (χ2n) is 11.0. The Morgan fingerprint density at radius 2 is 1.02 bits per heavy atom. The van der Waals surface area contributed by atoms with Crippen molar-refractivity contribution >= 4 is 37.7 Å². The molecule has 0 spiro atoms. The number of nitriles is 1. The summed E-state index contributed by atoms with van der Waals surface area (Å²) in [5.74, 6) is 1.11. The van der Waals surface area contributed by atoms with Gasteiger partial charge in [0.05, 0.1) is 31.5 Å². The minimum atomic E-state index is -1.75. The molecule has 0 fully saturated rings. The first-order chi connectivity index (χ1) is 23.7. The van der Waals surface area contributed by atoms with E-state index in [2.05, 4.69) is 0 Å². The van der Waals surface area contributed by atoms with Gasteiger partial charge in [0.15, 0.2) is 0 Å². The molecule has 0 amide bonds. The summed E-state index contributed by atoms with van der Waals surface area (Å²) in [7, 11) is -5.06. The molecule has 5 rings (SSSR count). The molecule has 0 atom stereocenters. The van der Waals surface area contributed by atoms with Gasteiger partial charge < -0.3 is 44.0 Å². The lowest BCUT2D eigenvalue weighted by atomic mass is 9.65. The van der Waals surface area contributed by atoms with E-state index < -0.39 is 47.0 Å². The second kappa shape index (κ2) is 16.4. The maximum Gasteiger partial charge on any atom is 0.478 e. The quantitative estimate of drug-likeness (QED) is 0.112. The van der Waals surface area contributed by atoms with Crippen LogP contribution in [-0.2, 0) is 29.0 Å². The summed E-state index contributed by atoms with van der Waals surface area (Å²) in [6, 6.07) is 28.4. The highest BCUT2D eigenvalue weighted by Crippen LogP contribution is 2.24. The van der Waals surface area contributed by atoms with Crippen LogP contribution in [0.2, 0.25) is 0 Å². The summed E-state index contributed by atoms with van der Waals surface area (Å²) in [4.78, 5) is 0. The van der Waals surface area contributed by atoms with Crippen molar-refractivity contribution in [2.24, 2.45) is 0 Å². The highest BCUT2D eigenvalue weighted by atomic mass is 19.1. The van der Waals surface area contributed by atoms with E-state index in [9.17, 15) is 29.8 Å². The van der Waals surface area contributed by atoms with Gasteiger partial charge in [-0.1, -0.05) is 35.9 Å². The minimum Gasteiger partial charge on any atom is -0.457 e. The van der Waals surface area contributed by atoms with Gasteiger partial charge in [0.25, 0.3) is 0 Å². The van der Waals surface area contributed by atoms with Crippen LogP contribution >= 0.6 is 0 Å². The van der Waals surface area contributed by atoms with E-state index in [0.717, 1.165) is 17.7 Å². The fraction of sp³-hybridized carbons (Fsp3) is 0.114. The van der Waals surface area contributed by atoms with E-state index in [-0.39, 0.29) is 33.1 Å². The Balaban J connectivity index is 1.40. The predicted molar refractivity (Wildman–Crippen MR) is 182 cm³/mol. The zero-order chi connectivity index (χ0) is 34.9. The summed E-state index contributed by atoms with van der Waals surface area (Å²) in [6.07, 6.45) is 0. The summed E-state index contributed by atoms with van der Waals surface area (Å²) in [5, 5.41) is 61.8. The van der Waals surface area contributed by atoms with Crippen LogP contribution in [0.3, 0.4) is 0 Å². The third-order valence-corrected chi connectivity index (χ3v) is 7.61. The van der Waals surface area contributed by atoms with E-state index in [4.69, 9.17) is 23.9 Å². The molecular formula is C35H31B3FNO9. The average Bonchev–Trinajstić information content (AvgIpc) is 3.12. The standard InChI is InChI=1S/C35H31B3FNO9/c1-23-2-7-29(8-3-23)46-31-11-14-33(26(17-31)21-42)36(44)48-38(35-13-6-28(39)16-25(35)20-41)49-37(45)34-15-12-32(18-27(34)22-43)47-30-9-4-24(19-40)5-10-30/h2-18,41-45H,20-22H2,1H3. The van der Waals surface area contributed by atoms with E-state index in [0.29, 0.717) is 28.6 Å². The van der Waals surface area contributed by atoms with Gasteiger partial charge in [-0.25, -0.2) is 4.39 Å². The molecule has 0 aliphatic heterocycles. The molecule has 0 heterocycles. The normalized spacial score (nSPS) is 10.7. The maximum atomic E-state index is 14.1. The Morgan fingerprint density at radius 3 is 1.49 bits per heavy atom. The van der Waals surface area contributed by atoms with Crippen molar-refractivity contribution in [3.8, 4) is 29.1 Å². The zero-order valence-electron chi connectivity index (χ0n) is 26.4. The fourth-order valence-corrected chi connectivity index (χ4v) is 5.02. The molecule has 5 aromatic rings. The average molecular weight is 661 g/mol. The Kier molecular flexibility index (Phi) is 11.8. The lowest BCUT2D eigenvalue weighted by Gasteiger charge is -2.23. The topological polar surface area (TPSA) is 162 Å². The molecule has 0 radical (unpaired) electrons. The van der Waals surface area contributed by atoms with Crippen LogP contribution < -0.4 is 25.9 Å². The number of ether oxygens (including phenoxy) is 2. The molecule has 246 valence electrons. The van der Waals surface area contributed by atoms with Crippen molar-refractivity contribution < 1.29 is 48.4 Å². The Morgan fingerprint density at radius 1 is 0.592 bits per heavy atom. The molecule has 5 N–H and O–H groups in total. The first-order valence-electron chi connectivity index (χ1n) is 15.2. The lowest BCUT2D eigenvalue weighted by Crippen LogP contribution is -2.53. The van der Waals surface area contributed by atoms with Crippen LogP contribution in [0.25, 0.3) is 0 Å². The first-order valence-corrected chi connectivity index (χ1v) is 15.2. The molecule has 14 heteroatoms. The largest absolute Gasteiger partial charge is 0.478 e. The van der Waals surface area contributed by atoms with E-state index in [1.54, 1.807) is 48.5 Å². The number of aliphatic hydroxyl groups excluding tert-OH is 3. The molecule has 0 aromatic heterocycles. The smallest absolute Gasteiger partial charge is 0.457 e. The van der Waals surface area contributed by atoms with Gasteiger partial charge in [0.2, 0.25) is 0 Å². The summed E-state index contributed by atoms with van der Waals surface area (Å²) in [5.41, 5.74) is 2.52. The molecule has 5 aromatic carbocycles. The van der Waals surface area contributed by atoms with E-state index >= 15 is 0 Å². The molecule has 0 aliphatic rings. The first kappa shape index (κ1) is 35.3. The van der Waals surface area contributed by atoms with Gasteiger partial charge in [-0.2, -0.15) is 5.26 Å². The van der Waals surface area contributed by atoms with E-state index in [1.807, 2.05) is 25.1 Å². The number of rotatable bonds is 14. The van der Waals surface area contributed by atoms with Gasteiger partial charge >= 0.3 is 21.4 Å². The SMILES string of the molecule is Cc1ccc(Oc2ccc(B(O)OB(OB(O)c3ccc(Oc4ccc(C#N)cc4)cc3CO)c3ccc(F)cc3CO)c(CO)c2)cc1. The van der Waals surface area contributed by atoms with Gasteiger partial charge in [0, 0.05) is 0 Å². The number of aliphatic hydroxyl groups is 3. The van der Waals surface area contributed by atoms with Crippen LogP contribution in [0.1, 0.15) is 27.8 Å². The molecule has 0 bridgehead atoms. The van der Waals surface area contributed by atoms with Crippen molar-refractivity contribution in [1.82, 2.24) is 0 Å². The van der Waals surface area contributed by atoms with Gasteiger partial charge in [0.1, 0.15) is 28.8 Å². The summed E-state index contributed by atoms with van der Waals surface area (Å²) in [6.45, 7) is 0.346. The molecular weight excluding hydrogens is 630 g/mol. The van der Waals surface area contributed by atoms with Crippen molar-refractivity contribution in [1.29, 1.82) is 5.26 Å². The third kappa shape index (κ3) is 8.94. The predicted octanol–water partition coefficient (Wildman–Crippen LogP) is 2.57. The van der Waals surface area contributed by atoms with Gasteiger partial charge in [-0.05, 0) is 113 Å². The number of halogens is 1. The lowest BCUT2D eigenvalue weighted by molar-refractivity contribution is 0.280. The monoisotopic (exact) mass is 661 g/mol. The second-order valence-corrected chi connectivity index (χ2v) is 11.0. The maximum absolute atomic E-state index is 14.1.